The van der Waals surface area contributed by atoms with Crippen LogP contribution in [0.1, 0.15) is 35.4 Å². The van der Waals surface area contributed by atoms with Crippen molar-refractivity contribution in [2.45, 2.75) is 39.9 Å². The quantitative estimate of drug-likeness (QED) is 0.816. The fraction of sp³-hybridized carbons (Fsp3) is 0.353. The zero-order valence-corrected chi connectivity index (χ0v) is 13.1. The predicted molar refractivity (Wildman–Crippen MR) is 84.6 cm³/mol. The van der Waals surface area contributed by atoms with Gasteiger partial charge in [-0.15, -0.1) is 11.3 Å². The molecule has 2 rings (SSSR count). The molecule has 0 bridgehead atoms. The van der Waals surface area contributed by atoms with Crippen molar-refractivity contribution in [1.82, 2.24) is 4.90 Å². The maximum Gasteiger partial charge on any atom is 0.0991 e. The van der Waals surface area contributed by atoms with Crippen molar-refractivity contribution >= 4 is 11.3 Å². The molecule has 1 aromatic carbocycles. The summed E-state index contributed by atoms with van der Waals surface area (Å²) in [6, 6.07) is 12.9. The average Bonchev–Trinajstić information content (AvgIpc) is 2.92. The first-order valence-electron chi connectivity index (χ1n) is 6.86. The number of hydrogen-bond acceptors (Lipinski definition) is 3. The lowest BCUT2D eigenvalue weighted by molar-refractivity contribution is 0.205. The van der Waals surface area contributed by atoms with Gasteiger partial charge < -0.3 is 0 Å². The Morgan fingerprint density at radius 3 is 2.60 bits per heavy atom. The first kappa shape index (κ1) is 14.8. The first-order chi connectivity index (χ1) is 9.60. The van der Waals surface area contributed by atoms with E-state index in [1.54, 1.807) is 11.3 Å². The summed E-state index contributed by atoms with van der Waals surface area (Å²) in [6.07, 6.45) is 0. The van der Waals surface area contributed by atoms with E-state index in [0.29, 0.717) is 6.04 Å². The number of nitrogens with zero attached hydrogens (tertiary/aromatic N) is 2. The highest BCUT2D eigenvalue weighted by Crippen LogP contribution is 2.19. The van der Waals surface area contributed by atoms with Gasteiger partial charge in [-0.1, -0.05) is 12.1 Å². The molecule has 0 radical (unpaired) electrons. The van der Waals surface area contributed by atoms with Gasteiger partial charge in [-0.25, -0.2) is 0 Å². The summed E-state index contributed by atoms with van der Waals surface area (Å²) in [6.45, 7) is 8.45. The average molecular weight is 284 g/mol. The van der Waals surface area contributed by atoms with Crippen molar-refractivity contribution in [3.8, 4) is 6.07 Å². The van der Waals surface area contributed by atoms with Crippen molar-refractivity contribution in [3.05, 3.63) is 57.3 Å². The van der Waals surface area contributed by atoms with Gasteiger partial charge in [-0.3, -0.25) is 4.90 Å². The number of aryl methyl sites for hydroxylation is 1. The molecule has 0 aliphatic rings. The van der Waals surface area contributed by atoms with Gasteiger partial charge >= 0.3 is 0 Å². The highest BCUT2D eigenvalue weighted by Gasteiger charge is 2.13. The SMILES string of the molecule is Cc1cc(C#N)ccc1CN(Cc1cccs1)C(C)C. The fourth-order valence-electron chi connectivity index (χ4n) is 2.19. The molecule has 0 aliphatic carbocycles. The Morgan fingerprint density at radius 2 is 2.05 bits per heavy atom. The van der Waals surface area contributed by atoms with E-state index in [1.165, 1.54) is 16.0 Å². The minimum absolute atomic E-state index is 0.493. The lowest BCUT2D eigenvalue weighted by Gasteiger charge is -2.26. The van der Waals surface area contributed by atoms with E-state index >= 15 is 0 Å². The summed E-state index contributed by atoms with van der Waals surface area (Å²) in [5.74, 6) is 0. The minimum Gasteiger partial charge on any atom is -0.292 e. The molecule has 2 aromatic rings. The highest BCUT2D eigenvalue weighted by atomic mass is 32.1. The number of benzene rings is 1. The van der Waals surface area contributed by atoms with E-state index in [-0.39, 0.29) is 0 Å². The molecule has 20 heavy (non-hydrogen) atoms. The lowest BCUT2D eigenvalue weighted by atomic mass is 10.0. The molecule has 0 fully saturated rings. The van der Waals surface area contributed by atoms with Crippen LogP contribution >= 0.6 is 11.3 Å². The van der Waals surface area contributed by atoms with E-state index in [0.717, 1.165) is 18.7 Å². The molecule has 0 N–H and O–H groups in total. The van der Waals surface area contributed by atoms with Gasteiger partial charge in [-0.05, 0) is 55.5 Å². The maximum atomic E-state index is 8.94. The minimum atomic E-state index is 0.493. The van der Waals surface area contributed by atoms with E-state index in [1.807, 2.05) is 12.1 Å². The third-order valence-electron chi connectivity index (χ3n) is 3.51. The highest BCUT2D eigenvalue weighted by molar-refractivity contribution is 7.09. The second-order valence-electron chi connectivity index (χ2n) is 5.33. The monoisotopic (exact) mass is 284 g/mol. The van der Waals surface area contributed by atoms with Crippen LogP contribution in [0.3, 0.4) is 0 Å². The van der Waals surface area contributed by atoms with E-state index < -0.39 is 0 Å². The Balaban J connectivity index is 2.14. The third kappa shape index (κ3) is 3.69. The second-order valence-corrected chi connectivity index (χ2v) is 6.36. The van der Waals surface area contributed by atoms with Gasteiger partial charge in [0.1, 0.15) is 0 Å². The van der Waals surface area contributed by atoms with E-state index in [4.69, 9.17) is 5.26 Å². The molecule has 2 nitrogen and oxygen atoms in total. The van der Waals surface area contributed by atoms with Crippen LogP contribution in [-0.2, 0) is 13.1 Å². The van der Waals surface area contributed by atoms with Crippen molar-refractivity contribution in [1.29, 1.82) is 5.26 Å². The summed E-state index contributed by atoms with van der Waals surface area (Å²) < 4.78 is 0. The molecule has 1 heterocycles. The molecular weight excluding hydrogens is 264 g/mol. The van der Waals surface area contributed by atoms with Crippen LogP contribution in [0, 0.1) is 18.3 Å². The first-order valence-corrected chi connectivity index (χ1v) is 7.74. The van der Waals surface area contributed by atoms with Crippen LogP contribution in [0.2, 0.25) is 0 Å². The number of hydrogen-bond donors (Lipinski definition) is 0. The maximum absolute atomic E-state index is 8.94. The molecule has 0 spiro atoms. The summed E-state index contributed by atoms with van der Waals surface area (Å²) in [5, 5.41) is 11.1. The van der Waals surface area contributed by atoms with Gasteiger partial charge in [-0.2, -0.15) is 5.26 Å². The van der Waals surface area contributed by atoms with Crippen LogP contribution < -0.4 is 0 Å². The van der Waals surface area contributed by atoms with Crippen LogP contribution in [0.5, 0.6) is 0 Å². The third-order valence-corrected chi connectivity index (χ3v) is 4.38. The summed E-state index contributed by atoms with van der Waals surface area (Å²) >= 11 is 1.80. The zero-order valence-electron chi connectivity index (χ0n) is 12.3. The Morgan fingerprint density at radius 1 is 1.25 bits per heavy atom. The fourth-order valence-corrected chi connectivity index (χ4v) is 2.91. The molecule has 3 heteroatoms. The summed E-state index contributed by atoms with van der Waals surface area (Å²) in [4.78, 5) is 3.85. The molecule has 0 aliphatic heterocycles. The van der Waals surface area contributed by atoms with Crippen LogP contribution in [-0.4, -0.2) is 10.9 Å². The van der Waals surface area contributed by atoms with Gasteiger partial charge in [0.15, 0.2) is 0 Å². The molecule has 1 aromatic heterocycles. The summed E-state index contributed by atoms with van der Waals surface area (Å²) in [5.41, 5.74) is 3.23. The van der Waals surface area contributed by atoms with Crippen LogP contribution in [0.25, 0.3) is 0 Å². The Hall–Kier alpha value is -1.63. The van der Waals surface area contributed by atoms with Crippen molar-refractivity contribution in [3.63, 3.8) is 0 Å². The normalized spacial score (nSPS) is 11.0. The molecule has 0 unspecified atom stereocenters. The molecule has 0 saturated heterocycles. The lowest BCUT2D eigenvalue weighted by Crippen LogP contribution is -2.29. The number of rotatable bonds is 5. The Kier molecular flexibility index (Phi) is 4.94. The van der Waals surface area contributed by atoms with Crippen molar-refractivity contribution in [2.75, 3.05) is 0 Å². The van der Waals surface area contributed by atoms with Gasteiger partial charge in [0.25, 0.3) is 0 Å². The van der Waals surface area contributed by atoms with Gasteiger partial charge in [0.2, 0.25) is 0 Å². The molecule has 0 amide bonds. The molecule has 104 valence electrons. The molecule has 0 saturated carbocycles. The number of nitriles is 1. The van der Waals surface area contributed by atoms with Crippen LogP contribution in [0.15, 0.2) is 35.7 Å². The Labute approximate surface area is 125 Å². The standard InChI is InChI=1S/C17H20N2S/c1-13(2)19(12-17-5-4-8-20-17)11-16-7-6-15(10-18)9-14(16)3/h4-9,13H,11-12H2,1-3H3. The second kappa shape index (κ2) is 6.69. The predicted octanol–water partition coefficient (Wildman–Crippen LogP) is 4.34. The zero-order chi connectivity index (χ0) is 14.5. The van der Waals surface area contributed by atoms with Gasteiger partial charge in [0, 0.05) is 24.0 Å². The van der Waals surface area contributed by atoms with Gasteiger partial charge in [0.05, 0.1) is 11.6 Å². The summed E-state index contributed by atoms with van der Waals surface area (Å²) in [7, 11) is 0. The van der Waals surface area contributed by atoms with Crippen molar-refractivity contribution < 1.29 is 0 Å². The van der Waals surface area contributed by atoms with Crippen molar-refractivity contribution in [2.24, 2.45) is 0 Å². The smallest absolute Gasteiger partial charge is 0.0991 e. The topological polar surface area (TPSA) is 27.0 Å². The Bertz CT molecular complexity index is 594. The van der Waals surface area contributed by atoms with Crippen LogP contribution in [0.4, 0.5) is 0 Å². The molecular formula is C17H20N2S. The largest absolute Gasteiger partial charge is 0.292 e. The van der Waals surface area contributed by atoms with E-state index in [2.05, 4.69) is 55.3 Å². The van der Waals surface area contributed by atoms with E-state index in [9.17, 15) is 0 Å². The molecule has 0 atom stereocenters. The number of thiophene rings is 1.